The zero-order chi connectivity index (χ0) is 6.69. The van der Waals surface area contributed by atoms with Crippen LogP contribution < -0.4 is 11.5 Å². The lowest BCUT2D eigenvalue weighted by Crippen LogP contribution is -2.31. The van der Waals surface area contributed by atoms with Crippen LogP contribution in [0.3, 0.4) is 0 Å². The molecule has 0 aliphatic heterocycles. The molecule has 0 radical (unpaired) electrons. The second kappa shape index (κ2) is 3.18. The van der Waals surface area contributed by atoms with Crippen LogP contribution in [-0.4, -0.2) is 12.6 Å². The van der Waals surface area contributed by atoms with Crippen LogP contribution >= 0.6 is 0 Å². The fourth-order valence-corrected chi connectivity index (χ4v) is 1.55. The van der Waals surface area contributed by atoms with Gasteiger partial charge in [-0.3, -0.25) is 0 Å². The Morgan fingerprint density at radius 3 is 2.56 bits per heavy atom. The van der Waals surface area contributed by atoms with E-state index in [2.05, 4.69) is 0 Å². The lowest BCUT2D eigenvalue weighted by Gasteiger charge is -2.24. The van der Waals surface area contributed by atoms with Crippen molar-refractivity contribution in [1.29, 1.82) is 0 Å². The van der Waals surface area contributed by atoms with E-state index < -0.39 is 0 Å². The van der Waals surface area contributed by atoms with Gasteiger partial charge in [-0.2, -0.15) is 0 Å². The molecule has 4 N–H and O–H groups in total. The summed E-state index contributed by atoms with van der Waals surface area (Å²) < 4.78 is 0. The maximum Gasteiger partial charge on any atom is 0.00419 e. The summed E-state index contributed by atoms with van der Waals surface area (Å²) in [5.74, 6) is 0.716. The van der Waals surface area contributed by atoms with Gasteiger partial charge in [0.1, 0.15) is 0 Å². The van der Waals surface area contributed by atoms with Gasteiger partial charge in [0.25, 0.3) is 0 Å². The van der Waals surface area contributed by atoms with Gasteiger partial charge in [0.2, 0.25) is 0 Å². The lowest BCUT2D eigenvalue weighted by molar-refractivity contribution is 0.329. The summed E-state index contributed by atoms with van der Waals surface area (Å²) in [6.45, 7) is 0.827. The van der Waals surface area contributed by atoms with Gasteiger partial charge in [-0.15, -0.1) is 0 Å². The molecule has 0 bridgehead atoms. The van der Waals surface area contributed by atoms with E-state index in [0.29, 0.717) is 12.0 Å². The molecule has 1 unspecified atom stereocenters. The molecule has 1 fully saturated rings. The smallest absolute Gasteiger partial charge is 0.00419 e. The van der Waals surface area contributed by atoms with Crippen molar-refractivity contribution in [2.75, 3.05) is 6.54 Å². The third-order valence-electron chi connectivity index (χ3n) is 2.16. The van der Waals surface area contributed by atoms with Crippen LogP contribution in [0, 0.1) is 5.92 Å². The first-order valence-corrected chi connectivity index (χ1v) is 3.78. The highest BCUT2D eigenvalue weighted by molar-refractivity contribution is 4.74. The molecule has 9 heavy (non-hydrogen) atoms. The molecular formula is C7H16N2. The van der Waals surface area contributed by atoms with Crippen LogP contribution in [-0.2, 0) is 0 Å². The molecule has 0 amide bonds. The molecule has 0 heterocycles. The number of rotatable bonds is 1. The monoisotopic (exact) mass is 128 g/mol. The summed E-state index contributed by atoms with van der Waals surface area (Å²) in [6, 6.07) is 0.437. The van der Waals surface area contributed by atoms with Crippen molar-refractivity contribution >= 4 is 0 Å². The molecule has 0 aromatic rings. The summed E-state index contributed by atoms with van der Waals surface area (Å²) in [7, 11) is 0. The molecule has 0 saturated heterocycles. The Kier molecular flexibility index (Phi) is 2.49. The van der Waals surface area contributed by atoms with E-state index in [0.717, 1.165) is 13.0 Å². The van der Waals surface area contributed by atoms with Crippen molar-refractivity contribution in [3.05, 3.63) is 0 Å². The predicted molar refractivity (Wildman–Crippen MR) is 39.0 cm³/mol. The molecule has 1 aliphatic rings. The summed E-state index contributed by atoms with van der Waals surface area (Å²) in [6.07, 6.45) is 4.93. The fourth-order valence-electron chi connectivity index (χ4n) is 1.55. The molecule has 2 atom stereocenters. The van der Waals surface area contributed by atoms with Crippen molar-refractivity contribution in [1.82, 2.24) is 0 Å². The van der Waals surface area contributed by atoms with E-state index in [9.17, 15) is 0 Å². The molecule has 54 valence electrons. The Bertz CT molecular complexity index is 83.0. The minimum atomic E-state index is 0.437. The molecule has 0 aromatic heterocycles. The van der Waals surface area contributed by atoms with E-state index in [4.69, 9.17) is 11.5 Å². The van der Waals surface area contributed by atoms with E-state index in [1.165, 1.54) is 19.3 Å². The fraction of sp³-hybridized carbons (Fsp3) is 1.00. The molecule has 0 spiro atoms. The highest BCUT2D eigenvalue weighted by Gasteiger charge is 2.16. The predicted octanol–water partition coefficient (Wildman–Crippen LogP) is 0.463. The van der Waals surface area contributed by atoms with Gasteiger partial charge in [0.05, 0.1) is 0 Å². The third kappa shape index (κ3) is 1.95. The van der Waals surface area contributed by atoms with Crippen molar-refractivity contribution < 1.29 is 0 Å². The van der Waals surface area contributed by atoms with Crippen LogP contribution in [0.1, 0.15) is 25.7 Å². The highest BCUT2D eigenvalue weighted by Crippen LogP contribution is 2.21. The van der Waals surface area contributed by atoms with E-state index in [1.54, 1.807) is 0 Å². The van der Waals surface area contributed by atoms with Crippen LogP contribution in [0.15, 0.2) is 0 Å². The van der Waals surface area contributed by atoms with Gasteiger partial charge in [-0.25, -0.2) is 0 Å². The van der Waals surface area contributed by atoms with Gasteiger partial charge in [0, 0.05) is 6.04 Å². The number of hydrogen-bond acceptors (Lipinski definition) is 2. The molecule has 2 heteroatoms. The molecule has 1 rings (SSSR count). The molecule has 0 aromatic carbocycles. The van der Waals surface area contributed by atoms with E-state index >= 15 is 0 Å². The highest BCUT2D eigenvalue weighted by atomic mass is 14.7. The van der Waals surface area contributed by atoms with Crippen LogP contribution in [0.2, 0.25) is 0 Å². The number of hydrogen-bond donors (Lipinski definition) is 2. The third-order valence-corrected chi connectivity index (χ3v) is 2.16. The van der Waals surface area contributed by atoms with Crippen molar-refractivity contribution in [3.63, 3.8) is 0 Å². The Balaban J connectivity index is 2.23. The zero-order valence-corrected chi connectivity index (χ0v) is 5.84. The van der Waals surface area contributed by atoms with E-state index in [-0.39, 0.29) is 0 Å². The van der Waals surface area contributed by atoms with Gasteiger partial charge in [0.15, 0.2) is 0 Å². The summed E-state index contributed by atoms with van der Waals surface area (Å²) in [5.41, 5.74) is 11.3. The van der Waals surface area contributed by atoms with Crippen molar-refractivity contribution in [3.8, 4) is 0 Å². The Morgan fingerprint density at radius 2 is 2.11 bits per heavy atom. The normalized spacial score (nSPS) is 36.7. The minimum Gasteiger partial charge on any atom is -0.330 e. The average molecular weight is 128 g/mol. The SMILES string of the molecule is NC[C@H]1CCCC(N)C1. The Morgan fingerprint density at radius 1 is 1.33 bits per heavy atom. The maximum atomic E-state index is 5.75. The standard InChI is InChI=1S/C7H16N2/c8-5-6-2-1-3-7(9)4-6/h6-7H,1-5,8-9H2/t6-,7?/m0/s1. The first-order valence-electron chi connectivity index (χ1n) is 3.78. The van der Waals surface area contributed by atoms with E-state index in [1.807, 2.05) is 0 Å². The lowest BCUT2D eigenvalue weighted by atomic mass is 9.86. The largest absolute Gasteiger partial charge is 0.330 e. The summed E-state index contributed by atoms with van der Waals surface area (Å²) in [5, 5.41) is 0. The van der Waals surface area contributed by atoms with Gasteiger partial charge in [-0.05, 0) is 31.7 Å². The first-order chi connectivity index (χ1) is 4.33. The first kappa shape index (κ1) is 7.03. The summed E-state index contributed by atoms with van der Waals surface area (Å²) >= 11 is 0. The molecule has 1 aliphatic carbocycles. The second-order valence-electron chi connectivity index (χ2n) is 3.03. The quantitative estimate of drug-likeness (QED) is 0.539. The van der Waals surface area contributed by atoms with Crippen molar-refractivity contribution in [2.45, 2.75) is 31.7 Å². The maximum absolute atomic E-state index is 5.75. The van der Waals surface area contributed by atoms with Crippen LogP contribution in [0.4, 0.5) is 0 Å². The Labute approximate surface area is 56.6 Å². The Hall–Kier alpha value is -0.0800. The molecule has 2 nitrogen and oxygen atoms in total. The van der Waals surface area contributed by atoms with Gasteiger partial charge in [-0.1, -0.05) is 6.42 Å². The van der Waals surface area contributed by atoms with Crippen LogP contribution in [0.25, 0.3) is 0 Å². The van der Waals surface area contributed by atoms with Gasteiger partial charge < -0.3 is 11.5 Å². The molecular weight excluding hydrogens is 112 g/mol. The second-order valence-corrected chi connectivity index (χ2v) is 3.03. The zero-order valence-electron chi connectivity index (χ0n) is 5.84. The minimum absolute atomic E-state index is 0.437. The summed E-state index contributed by atoms with van der Waals surface area (Å²) in [4.78, 5) is 0. The number of nitrogens with two attached hydrogens (primary N) is 2. The van der Waals surface area contributed by atoms with Crippen LogP contribution in [0.5, 0.6) is 0 Å². The molecule has 1 saturated carbocycles. The van der Waals surface area contributed by atoms with Gasteiger partial charge >= 0.3 is 0 Å². The average Bonchev–Trinajstić information content (AvgIpc) is 1.88. The van der Waals surface area contributed by atoms with Crippen molar-refractivity contribution in [2.24, 2.45) is 17.4 Å². The topological polar surface area (TPSA) is 52.0 Å².